The molecule has 0 fully saturated rings. The van der Waals surface area contributed by atoms with E-state index in [-0.39, 0.29) is 26.5 Å². The average molecular weight is 751 g/mol. The maximum absolute atomic E-state index is 5.48. The van der Waals surface area contributed by atoms with Crippen LogP contribution < -0.4 is 0 Å². The fourth-order valence-corrected chi connectivity index (χ4v) is 6.31. The molecule has 4 aromatic heterocycles. The topological polar surface area (TPSA) is 35.6 Å². The molecule has 0 spiro atoms. The van der Waals surface area contributed by atoms with E-state index in [2.05, 4.69) is 146 Å². The molecular weight excluding hydrogens is 720 g/mol. The standard InChI is InChI=1S/C39H31N4.Pt/c1-25-14-8-9-17-28(25)33-22-26(39(2,3)4)23-36(40-33)43-35-21-13-11-19-30(35)32-24-31-29-18-10-12-20-34(29)42(37(31)41-38(32)43)27-15-6-5-7-16-27;/h5-15,17-24H,1-4H3;/q-1;. The number of nitrogens with zero attached hydrogens (tertiary/aromatic N) is 4. The second-order valence-corrected chi connectivity index (χ2v) is 12.3. The summed E-state index contributed by atoms with van der Waals surface area (Å²) in [7, 11) is 0. The number of para-hydroxylation sites is 3. The van der Waals surface area contributed by atoms with Gasteiger partial charge in [0.15, 0.2) is 0 Å². The van der Waals surface area contributed by atoms with Crippen molar-refractivity contribution in [3.8, 4) is 22.8 Å². The molecule has 4 aromatic carbocycles. The number of fused-ring (bicyclic) bond motifs is 6. The molecule has 0 amide bonds. The number of hydrogen-bond donors (Lipinski definition) is 0. The van der Waals surface area contributed by atoms with Gasteiger partial charge in [-0.1, -0.05) is 87.1 Å². The summed E-state index contributed by atoms with van der Waals surface area (Å²) in [5.74, 6) is 0.873. The van der Waals surface area contributed by atoms with Crippen molar-refractivity contribution in [3.63, 3.8) is 0 Å². The fourth-order valence-electron chi connectivity index (χ4n) is 6.31. The van der Waals surface area contributed by atoms with Gasteiger partial charge in [0.25, 0.3) is 0 Å². The van der Waals surface area contributed by atoms with Crippen LogP contribution in [0, 0.1) is 13.0 Å². The zero-order chi connectivity index (χ0) is 29.3. The number of aryl methyl sites for hydroxylation is 1. The van der Waals surface area contributed by atoms with Crippen LogP contribution in [-0.2, 0) is 26.5 Å². The Labute approximate surface area is 271 Å². The van der Waals surface area contributed by atoms with Crippen molar-refractivity contribution in [1.82, 2.24) is 19.1 Å². The predicted molar refractivity (Wildman–Crippen MR) is 178 cm³/mol. The summed E-state index contributed by atoms with van der Waals surface area (Å²) in [5.41, 5.74) is 9.47. The molecule has 0 atom stereocenters. The first kappa shape index (κ1) is 28.3. The van der Waals surface area contributed by atoms with Crippen LogP contribution >= 0.6 is 0 Å². The van der Waals surface area contributed by atoms with Gasteiger partial charge in [0, 0.05) is 48.2 Å². The Balaban J connectivity index is 0.00000312. The molecule has 0 saturated heterocycles. The first-order valence-electron chi connectivity index (χ1n) is 14.8. The quantitative estimate of drug-likeness (QED) is 0.169. The Kier molecular flexibility index (Phi) is 6.79. The van der Waals surface area contributed by atoms with E-state index in [0.29, 0.717) is 0 Å². The van der Waals surface area contributed by atoms with Gasteiger partial charge < -0.3 is 4.57 Å². The van der Waals surface area contributed by atoms with Crippen molar-refractivity contribution in [2.24, 2.45) is 0 Å². The van der Waals surface area contributed by atoms with Gasteiger partial charge in [-0.2, -0.15) is 24.3 Å². The van der Waals surface area contributed by atoms with E-state index in [4.69, 9.17) is 9.97 Å². The minimum absolute atomic E-state index is 0. The van der Waals surface area contributed by atoms with Crippen molar-refractivity contribution in [1.29, 1.82) is 0 Å². The van der Waals surface area contributed by atoms with Crippen LogP contribution in [0.15, 0.2) is 115 Å². The Morgan fingerprint density at radius 3 is 1.89 bits per heavy atom. The monoisotopic (exact) mass is 750 g/mol. The smallest absolute Gasteiger partial charge is 0.149 e. The Morgan fingerprint density at radius 2 is 1.23 bits per heavy atom. The molecule has 0 saturated carbocycles. The van der Waals surface area contributed by atoms with Gasteiger partial charge in [0.1, 0.15) is 17.1 Å². The molecule has 4 heterocycles. The summed E-state index contributed by atoms with van der Waals surface area (Å²) >= 11 is 0. The Morgan fingerprint density at radius 1 is 0.614 bits per heavy atom. The van der Waals surface area contributed by atoms with Gasteiger partial charge in [0.05, 0.1) is 16.7 Å². The van der Waals surface area contributed by atoms with Crippen molar-refractivity contribution in [2.75, 3.05) is 0 Å². The number of pyridine rings is 2. The number of aromatic nitrogens is 4. The van der Waals surface area contributed by atoms with Crippen LogP contribution in [0.25, 0.3) is 66.6 Å². The third kappa shape index (κ3) is 4.40. The van der Waals surface area contributed by atoms with Crippen molar-refractivity contribution < 1.29 is 21.1 Å². The summed E-state index contributed by atoms with van der Waals surface area (Å²) in [4.78, 5) is 10.8. The zero-order valence-corrected chi connectivity index (χ0v) is 27.3. The fraction of sp³-hybridized carbons (Fsp3) is 0.128. The van der Waals surface area contributed by atoms with Crippen LogP contribution in [0.2, 0.25) is 0 Å². The minimum atomic E-state index is -0.0653. The molecule has 0 bridgehead atoms. The van der Waals surface area contributed by atoms with E-state index in [0.717, 1.165) is 61.2 Å². The Hall–Kier alpha value is -4.53. The second kappa shape index (κ2) is 10.6. The largest absolute Gasteiger partial charge is 0.318 e. The number of hydrogen-bond acceptors (Lipinski definition) is 2. The molecular formula is C39H31N4Pt-. The number of benzene rings is 4. The van der Waals surface area contributed by atoms with Gasteiger partial charge in [0.2, 0.25) is 0 Å². The van der Waals surface area contributed by atoms with E-state index in [1.807, 2.05) is 12.1 Å². The number of rotatable bonds is 3. The van der Waals surface area contributed by atoms with E-state index >= 15 is 0 Å². The average Bonchev–Trinajstić information content (AvgIpc) is 3.52. The van der Waals surface area contributed by atoms with E-state index in [9.17, 15) is 0 Å². The van der Waals surface area contributed by atoms with Crippen LogP contribution in [0.3, 0.4) is 0 Å². The van der Waals surface area contributed by atoms with Crippen LogP contribution in [0.1, 0.15) is 31.9 Å². The Bertz CT molecular complexity index is 2340. The summed E-state index contributed by atoms with van der Waals surface area (Å²) in [6.07, 6.45) is 0. The molecule has 8 rings (SSSR count). The van der Waals surface area contributed by atoms with E-state index < -0.39 is 0 Å². The molecule has 8 aromatic rings. The predicted octanol–water partition coefficient (Wildman–Crippen LogP) is 9.74. The molecule has 0 aliphatic carbocycles. The summed E-state index contributed by atoms with van der Waals surface area (Å²) < 4.78 is 4.47. The second-order valence-electron chi connectivity index (χ2n) is 12.3. The molecule has 0 aliphatic rings. The van der Waals surface area contributed by atoms with Crippen molar-refractivity contribution in [3.05, 3.63) is 132 Å². The summed E-state index contributed by atoms with van der Waals surface area (Å²) in [6, 6.07) is 43.9. The maximum atomic E-state index is 5.48. The van der Waals surface area contributed by atoms with Crippen LogP contribution in [-0.4, -0.2) is 19.1 Å². The van der Waals surface area contributed by atoms with Gasteiger partial charge in [-0.25, -0.2) is 9.97 Å². The molecule has 0 N–H and O–H groups in total. The summed E-state index contributed by atoms with van der Waals surface area (Å²) in [6.45, 7) is 8.93. The van der Waals surface area contributed by atoms with E-state index in [1.165, 1.54) is 16.5 Å². The molecule has 0 aliphatic heterocycles. The molecule has 0 radical (unpaired) electrons. The molecule has 218 valence electrons. The van der Waals surface area contributed by atoms with Crippen molar-refractivity contribution >= 4 is 43.9 Å². The van der Waals surface area contributed by atoms with Crippen LogP contribution in [0.4, 0.5) is 0 Å². The van der Waals surface area contributed by atoms with Gasteiger partial charge >= 0.3 is 0 Å². The van der Waals surface area contributed by atoms with Gasteiger partial charge in [-0.05, 0) is 53.8 Å². The first-order valence-corrected chi connectivity index (χ1v) is 14.8. The molecule has 44 heavy (non-hydrogen) atoms. The zero-order valence-electron chi connectivity index (χ0n) is 25.1. The van der Waals surface area contributed by atoms with Crippen LogP contribution in [0.5, 0.6) is 0 Å². The summed E-state index contributed by atoms with van der Waals surface area (Å²) in [5, 5.41) is 4.58. The normalized spacial score (nSPS) is 11.9. The molecule has 4 nitrogen and oxygen atoms in total. The van der Waals surface area contributed by atoms with Crippen molar-refractivity contribution in [2.45, 2.75) is 33.1 Å². The minimum Gasteiger partial charge on any atom is -0.318 e. The third-order valence-electron chi connectivity index (χ3n) is 8.54. The maximum Gasteiger partial charge on any atom is 0.149 e. The van der Waals surface area contributed by atoms with E-state index in [1.54, 1.807) is 0 Å². The SMILES string of the molecule is Cc1ccccc1-c1cc(C(C)(C)C)cc(-n2c3ccccc3c3cc4c5ccccc5n(-c5[c-]cccc5)c4nc32)n1.[Pt]. The van der Waals surface area contributed by atoms with Gasteiger partial charge in [-0.3, -0.25) is 4.57 Å². The molecule has 5 heteroatoms. The first-order chi connectivity index (χ1) is 20.9. The molecule has 0 unspecified atom stereocenters. The third-order valence-corrected chi connectivity index (χ3v) is 8.54. The van der Waals surface area contributed by atoms with Gasteiger partial charge in [-0.15, -0.1) is 6.07 Å².